The van der Waals surface area contributed by atoms with Crippen LogP contribution in [-0.4, -0.2) is 18.1 Å². The molecule has 0 saturated heterocycles. The lowest BCUT2D eigenvalue weighted by Gasteiger charge is -1.82. The zero-order valence-electron chi connectivity index (χ0n) is 3.13. The summed E-state index contributed by atoms with van der Waals surface area (Å²) in [7, 11) is 0. The molecule has 0 saturated carbocycles. The van der Waals surface area contributed by atoms with Gasteiger partial charge >= 0.3 is 0 Å². The monoisotopic (exact) mass is 103 g/mol. The Bertz CT molecular complexity index is 71.2. The van der Waals surface area contributed by atoms with Gasteiger partial charge in [-0.25, -0.2) is 0 Å². The second kappa shape index (κ2) is 1.47. The minimum absolute atomic E-state index is 0.0602. The van der Waals surface area contributed by atoms with Crippen molar-refractivity contribution in [3.8, 4) is 0 Å². The summed E-state index contributed by atoms with van der Waals surface area (Å²) >= 11 is 5.47. The average Bonchev–Trinajstić information content (AvgIpc) is 1.86. The number of hydrogen-bond acceptors (Lipinski definition) is 1. The highest BCUT2D eigenvalue weighted by molar-refractivity contribution is 6.28. The van der Waals surface area contributed by atoms with Crippen LogP contribution in [0, 0.1) is 0 Å². The van der Waals surface area contributed by atoms with Crippen molar-refractivity contribution < 1.29 is 0 Å². The van der Waals surface area contributed by atoms with E-state index in [9.17, 15) is 0 Å². The quantitative estimate of drug-likeness (QED) is 0.392. The molecule has 33 valence electrons. The minimum Gasteiger partial charge on any atom is -0.188 e. The molecule has 3 heteroatoms. The van der Waals surface area contributed by atoms with E-state index in [2.05, 4.69) is 10.5 Å². The van der Waals surface area contributed by atoms with Gasteiger partial charge in [0.25, 0.3) is 0 Å². The number of alkyl halides is 1. The first-order valence-electron chi connectivity index (χ1n) is 1.73. The molecule has 0 aromatic rings. The van der Waals surface area contributed by atoms with E-state index in [0.717, 1.165) is 0 Å². The summed E-state index contributed by atoms with van der Waals surface area (Å²) in [6.07, 6.45) is 1.63. The van der Waals surface area contributed by atoms with Gasteiger partial charge in [-0.2, -0.15) is 10.5 Å². The molecule has 0 aliphatic carbocycles. The third-order valence-corrected chi connectivity index (χ3v) is 0.817. The second-order valence-corrected chi connectivity index (χ2v) is 1.67. The van der Waals surface area contributed by atoms with Crippen molar-refractivity contribution in [3.63, 3.8) is 0 Å². The molecule has 2 nitrogen and oxygen atoms in total. The van der Waals surface area contributed by atoms with Gasteiger partial charge in [0.05, 0.1) is 11.9 Å². The van der Waals surface area contributed by atoms with Gasteiger partial charge in [0.15, 0.2) is 0 Å². The van der Waals surface area contributed by atoms with Gasteiger partial charge in [-0.05, 0) is 0 Å². The fraction of sp³-hybridized carbons (Fsp3) is 0.667. The molecule has 1 atom stereocenters. The number of halogens is 1. The molecule has 1 heterocycles. The number of nitrogens with zero attached hydrogens (tertiary/aromatic N) is 2. The van der Waals surface area contributed by atoms with Crippen molar-refractivity contribution in [2.75, 3.05) is 6.54 Å². The van der Waals surface area contributed by atoms with E-state index in [4.69, 9.17) is 11.6 Å². The van der Waals surface area contributed by atoms with Gasteiger partial charge in [0.2, 0.25) is 0 Å². The fourth-order valence-corrected chi connectivity index (χ4v) is 0.404. The number of rotatable bonds is 0. The van der Waals surface area contributed by atoms with Crippen LogP contribution in [-0.2, 0) is 0 Å². The van der Waals surface area contributed by atoms with Crippen LogP contribution >= 0.6 is 11.6 Å². The van der Waals surface area contributed by atoms with Crippen molar-refractivity contribution in [2.45, 2.75) is 5.38 Å². The van der Waals surface area contributed by atoms with Gasteiger partial charge in [0, 0.05) is 6.21 Å². The molecular formula is C3H4ClN2. The molecule has 0 spiro atoms. The summed E-state index contributed by atoms with van der Waals surface area (Å²) in [5, 5.41) is 3.59. The molecule has 1 radical (unpaired) electrons. The Morgan fingerprint density at radius 2 is 2.67 bits per heavy atom. The van der Waals surface area contributed by atoms with Gasteiger partial charge < -0.3 is 0 Å². The number of hydrogen-bond donors (Lipinski definition) is 0. The van der Waals surface area contributed by atoms with Crippen LogP contribution in [0.5, 0.6) is 0 Å². The predicted molar refractivity (Wildman–Crippen MR) is 25.1 cm³/mol. The maximum atomic E-state index is 5.47. The highest BCUT2D eigenvalue weighted by Gasteiger charge is 2.04. The molecule has 0 amide bonds. The zero-order chi connectivity index (χ0) is 4.41. The summed E-state index contributed by atoms with van der Waals surface area (Å²) in [6.45, 7) is 0.654. The summed E-state index contributed by atoms with van der Waals surface area (Å²) in [4.78, 5) is 0. The molecule has 1 aliphatic rings. The summed E-state index contributed by atoms with van der Waals surface area (Å²) in [5.74, 6) is 0. The van der Waals surface area contributed by atoms with Crippen LogP contribution in [0.3, 0.4) is 0 Å². The van der Waals surface area contributed by atoms with E-state index in [0.29, 0.717) is 6.54 Å². The van der Waals surface area contributed by atoms with Gasteiger partial charge in [-0.1, -0.05) is 0 Å². The van der Waals surface area contributed by atoms with Gasteiger partial charge in [-0.15, -0.1) is 11.6 Å². The topological polar surface area (TPSA) is 26.5 Å². The van der Waals surface area contributed by atoms with Crippen LogP contribution in [0.15, 0.2) is 5.10 Å². The van der Waals surface area contributed by atoms with Crippen molar-refractivity contribution in [2.24, 2.45) is 5.10 Å². The summed E-state index contributed by atoms with van der Waals surface area (Å²) < 4.78 is 0. The molecule has 0 fully saturated rings. The van der Waals surface area contributed by atoms with Crippen LogP contribution in [0.2, 0.25) is 0 Å². The van der Waals surface area contributed by atoms with Crippen LogP contribution in [0.1, 0.15) is 0 Å². The lowest BCUT2D eigenvalue weighted by atomic mass is 10.5. The van der Waals surface area contributed by atoms with E-state index in [1.54, 1.807) is 6.21 Å². The Labute approximate surface area is 41.2 Å². The molecule has 0 aromatic heterocycles. The largest absolute Gasteiger partial charge is 0.188 e. The lowest BCUT2D eigenvalue weighted by Crippen LogP contribution is -2.02. The molecule has 0 N–H and O–H groups in total. The fourth-order valence-electron chi connectivity index (χ4n) is 0.292. The Kier molecular flexibility index (Phi) is 0.965. The molecule has 1 aliphatic heterocycles. The molecule has 1 unspecified atom stereocenters. The molecule has 1 rings (SSSR count). The van der Waals surface area contributed by atoms with E-state index >= 15 is 0 Å². The Hall–Kier alpha value is -0.240. The summed E-state index contributed by atoms with van der Waals surface area (Å²) in [6, 6.07) is 0. The van der Waals surface area contributed by atoms with E-state index < -0.39 is 0 Å². The highest BCUT2D eigenvalue weighted by Crippen LogP contribution is 1.94. The molecular weight excluding hydrogens is 99.5 g/mol. The normalized spacial score (nSPS) is 30.5. The third kappa shape index (κ3) is 0.627. The Balaban J connectivity index is 2.38. The van der Waals surface area contributed by atoms with Crippen LogP contribution in [0.4, 0.5) is 0 Å². The first-order valence-corrected chi connectivity index (χ1v) is 2.17. The lowest BCUT2D eigenvalue weighted by molar-refractivity contribution is 0.797. The van der Waals surface area contributed by atoms with Crippen LogP contribution in [0.25, 0.3) is 0 Å². The van der Waals surface area contributed by atoms with Crippen molar-refractivity contribution in [1.82, 2.24) is 5.43 Å². The molecule has 6 heavy (non-hydrogen) atoms. The second-order valence-electron chi connectivity index (χ2n) is 1.10. The first-order chi connectivity index (χ1) is 2.89. The van der Waals surface area contributed by atoms with E-state index in [-0.39, 0.29) is 5.38 Å². The highest BCUT2D eigenvalue weighted by atomic mass is 35.5. The van der Waals surface area contributed by atoms with Crippen molar-refractivity contribution in [1.29, 1.82) is 0 Å². The maximum absolute atomic E-state index is 5.47. The van der Waals surface area contributed by atoms with Gasteiger partial charge in [-0.3, -0.25) is 0 Å². The smallest absolute Gasteiger partial charge is 0.0919 e. The third-order valence-electron chi connectivity index (χ3n) is 0.566. The first kappa shape index (κ1) is 3.93. The standard InChI is InChI=1S/C3H4ClN2/c4-3-1-5-6-2-3/h1,3H,2H2. The van der Waals surface area contributed by atoms with Crippen LogP contribution < -0.4 is 5.43 Å². The van der Waals surface area contributed by atoms with Gasteiger partial charge in [0.1, 0.15) is 0 Å². The van der Waals surface area contributed by atoms with E-state index in [1.807, 2.05) is 0 Å². The predicted octanol–water partition coefficient (Wildman–Crippen LogP) is 0.198. The summed E-state index contributed by atoms with van der Waals surface area (Å²) in [5.41, 5.74) is 3.60. The SMILES string of the molecule is ClC1C=N[N]C1. The zero-order valence-corrected chi connectivity index (χ0v) is 3.89. The van der Waals surface area contributed by atoms with Crippen molar-refractivity contribution >= 4 is 17.8 Å². The Morgan fingerprint density at radius 3 is 2.83 bits per heavy atom. The Morgan fingerprint density at radius 1 is 1.83 bits per heavy atom. The molecule has 0 bridgehead atoms. The van der Waals surface area contributed by atoms with E-state index in [1.165, 1.54) is 0 Å². The average molecular weight is 104 g/mol. The molecule has 0 aromatic carbocycles. The minimum atomic E-state index is 0.0602. The maximum Gasteiger partial charge on any atom is 0.0919 e. The van der Waals surface area contributed by atoms with Crippen molar-refractivity contribution in [3.05, 3.63) is 0 Å².